The van der Waals surface area contributed by atoms with Crippen molar-refractivity contribution in [1.29, 1.82) is 0 Å². The fourth-order valence-electron chi connectivity index (χ4n) is 2.57. The lowest BCUT2D eigenvalue weighted by Crippen LogP contribution is -2.46. The Bertz CT molecular complexity index is 688. The summed E-state index contributed by atoms with van der Waals surface area (Å²) >= 11 is 11.9. The van der Waals surface area contributed by atoms with E-state index >= 15 is 0 Å². The molecule has 0 amide bonds. The summed E-state index contributed by atoms with van der Waals surface area (Å²) in [5.41, 5.74) is 1.03. The smallest absolute Gasteiger partial charge is 0.122 e. The van der Waals surface area contributed by atoms with Crippen molar-refractivity contribution in [2.24, 2.45) is 0 Å². The molecule has 2 rings (SSSR count). The van der Waals surface area contributed by atoms with Gasteiger partial charge in [0, 0.05) is 22.1 Å². The summed E-state index contributed by atoms with van der Waals surface area (Å²) < 4.78 is 10.7. The van der Waals surface area contributed by atoms with Gasteiger partial charge in [-0.2, -0.15) is 0 Å². The number of hydrogen-bond donors (Lipinski definition) is 2. The van der Waals surface area contributed by atoms with Gasteiger partial charge in [-0.15, -0.1) is 12.4 Å². The number of ether oxygens (including phenoxy) is 2. The number of aliphatic hydroxyl groups is 1. The average Bonchev–Trinajstić information content (AvgIpc) is 2.58. The molecule has 0 aliphatic heterocycles. The number of benzene rings is 2. The molecule has 0 radical (unpaired) electrons. The van der Waals surface area contributed by atoms with Crippen LogP contribution in [0.5, 0.6) is 11.5 Å². The molecule has 0 aromatic heterocycles. The van der Waals surface area contributed by atoms with Gasteiger partial charge in [0.1, 0.15) is 24.2 Å². The predicted octanol–water partition coefficient (Wildman–Crippen LogP) is 4.77. The maximum Gasteiger partial charge on any atom is 0.122 e. The van der Waals surface area contributed by atoms with Crippen molar-refractivity contribution in [1.82, 2.24) is 5.32 Å². The van der Waals surface area contributed by atoms with Crippen molar-refractivity contribution in [3.05, 3.63) is 58.1 Å². The first-order valence-electron chi connectivity index (χ1n) is 8.42. The van der Waals surface area contributed by atoms with Crippen molar-refractivity contribution in [3.8, 4) is 11.5 Å². The molecule has 150 valence electrons. The Morgan fingerprint density at radius 1 is 1.04 bits per heavy atom. The molecule has 7 heteroatoms. The first-order chi connectivity index (χ1) is 12.3. The Kier molecular flexibility index (Phi) is 9.71. The van der Waals surface area contributed by atoms with E-state index in [1.807, 2.05) is 24.3 Å². The number of methoxy groups -OCH3 is 1. The number of nitrogens with one attached hydrogen (secondary N) is 1. The van der Waals surface area contributed by atoms with E-state index in [4.69, 9.17) is 32.7 Å². The minimum Gasteiger partial charge on any atom is -0.497 e. The van der Waals surface area contributed by atoms with Crippen LogP contribution in [-0.4, -0.2) is 37.0 Å². The molecule has 0 spiro atoms. The second-order valence-corrected chi connectivity index (χ2v) is 7.73. The number of halogens is 3. The first kappa shape index (κ1) is 23.9. The molecule has 27 heavy (non-hydrogen) atoms. The van der Waals surface area contributed by atoms with Gasteiger partial charge >= 0.3 is 0 Å². The quantitative estimate of drug-likeness (QED) is 0.596. The van der Waals surface area contributed by atoms with Crippen LogP contribution < -0.4 is 14.8 Å². The van der Waals surface area contributed by atoms with E-state index < -0.39 is 6.10 Å². The summed E-state index contributed by atoms with van der Waals surface area (Å²) in [6.45, 7) is 4.77. The number of rotatable bonds is 9. The van der Waals surface area contributed by atoms with Gasteiger partial charge in [0.15, 0.2) is 0 Å². The molecule has 0 saturated heterocycles. The average molecular weight is 435 g/mol. The van der Waals surface area contributed by atoms with E-state index in [-0.39, 0.29) is 24.6 Å². The van der Waals surface area contributed by atoms with Gasteiger partial charge in [-0.3, -0.25) is 0 Å². The fraction of sp³-hybridized carbons (Fsp3) is 0.400. The summed E-state index contributed by atoms with van der Waals surface area (Å²) in [4.78, 5) is 0. The van der Waals surface area contributed by atoms with E-state index in [9.17, 15) is 5.11 Å². The van der Waals surface area contributed by atoms with Crippen molar-refractivity contribution < 1.29 is 14.6 Å². The van der Waals surface area contributed by atoms with E-state index in [2.05, 4.69) is 19.2 Å². The normalized spacial score (nSPS) is 12.2. The molecule has 1 atom stereocenters. The molecule has 0 bridgehead atoms. The van der Waals surface area contributed by atoms with Crippen LogP contribution in [0.25, 0.3) is 0 Å². The highest BCUT2D eigenvalue weighted by molar-refractivity contribution is 6.34. The molecule has 0 heterocycles. The van der Waals surface area contributed by atoms with Crippen LogP contribution in [0.3, 0.4) is 0 Å². The number of hydrogen-bond acceptors (Lipinski definition) is 4. The number of β-amino-alcohol motifs (C(OH)–C–C–N with tert-alkyl or cyclic N) is 1. The largest absolute Gasteiger partial charge is 0.497 e. The Morgan fingerprint density at radius 2 is 1.63 bits per heavy atom. The maximum absolute atomic E-state index is 10.2. The van der Waals surface area contributed by atoms with Gasteiger partial charge in [-0.25, -0.2) is 0 Å². The van der Waals surface area contributed by atoms with Crippen LogP contribution in [0.4, 0.5) is 0 Å². The first-order valence-corrected chi connectivity index (χ1v) is 9.18. The summed E-state index contributed by atoms with van der Waals surface area (Å²) in [6.07, 6.45) is 0.178. The third-order valence-electron chi connectivity index (χ3n) is 3.90. The summed E-state index contributed by atoms with van der Waals surface area (Å²) in [5.74, 6) is 1.38. The SMILES string of the molecule is COc1ccc(CC(C)(C)NCC(O)COc2cc(Cl)cc(Cl)c2)cc1.Cl. The molecule has 1 unspecified atom stereocenters. The van der Waals surface area contributed by atoms with Crippen molar-refractivity contribution >= 4 is 35.6 Å². The highest BCUT2D eigenvalue weighted by Crippen LogP contribution is 2.24. The maximum atomic E-state index is 10.2. The van der Waals surface area contributed by atoms with Crippen molar-refractivity contribution in [2.75, 3.05) is 20.3 Å². The van der Waals surface area contributed by atoms with Gasteiger partial charge in [0.05, 0.1) is 7.11 Å². The van der Waals surface area contributed by atoms with E-state index in [0.717, 1.165) is 12.2 Å². The summed E-state index contributed by atoms with van der Waals surface area (Å²) in [7, 11) is 1.65. The standard InChI is InChI=1S/C20H25Cl2NO3.ClH/c1-20(2,11-14-4-6-18(25-3)7-5-14)23-12-17(24)13-26-19-9-15(21)8-16(22)10-19;/h4-10,17,23-24H,11-13H2,1-3H3;1H. The van der Waals surface area contributed by atoms with Crippen molar-refractivity contribution in [2.45, 2.75) is 31.9 Å². The summed E-state index contributed by atoms with van der Waals surface area (Å²) in [5, 5.41) is 14.6. The molecular formula is C20H26Cl3NO3. The molecule has 2 aromatic carbocycles. The molecule has 0 aliphatic rings. The topological polar surface area (TPSA) is 50.7 Å². The zero-order valence-electron chi connectivity index (χ0n) is 15.7. The van der Waals surface area contributed by atoms with Gasteiger partial charge in [0.25, 0.3) is 0 Å². The van der Waals surface area contributed by atoms with Crippen LogP contribution in [0.1, 0.15) is 19.4 Å². The predicted molar refractivity (Wildman–Crippen MR) is 114 cm³/mol. The molecular weight excluding hydrogens is 409 g/mol. The zero-order chi connectivity index (χ0) is 19.2. The van der Waals surface area contributed by atoms with Gasteiger partial charge in [0.2, 0.25) is 0 Å². The third-order valence-corrected chi connectivity index (χ3v) is 4.34. The second-order valence-electron chi connectivity index (χ2n) is 6.86. The lowest BCUT2D eigenvalue weighted by Gasteiger charge is -2.28. The third kappa shape index (κ3) is 8.58. The highest BCUT2D eigenvalue weighted by atomic mass is 35.5. The Hall–Kier alpha value is -1.17. The lowest BCUT2D eigenvalue weighted by molar-refractivity contribution is 0.0988. The van der Waals surface area contributed by atoms with E-state index in [0.29, 0.717) is 22.3 Å². The molecule has 4 nitrogen and oxygen atoms in total. The van der Waals surface area contributed by atoms with Crippen molar-refractivity contribution in [3.63, 3.8) is 0 Å². The molecule has 0 saturated carbocycles. The van der Waals surface area contributed by atoms with Gasteiger partial charge in [-0.05, 0) is 56.2 Å². The van der Waals surface area contributed by atoms with Gasteiger partial charge in [-0.1, -0.05) is 35.3 Å². The Morgan fingerprint density at radius 3 is 2.19 bits per heavy atom. The fourth-order valence-corrected chi connectivity index (χ4v) is 3.08. The van der Waals surface area contributed by atoms with Crippen LogP contribution in [0.2, 0.25) is 10.0 Å². The molecule has 0 aliphatic carbocycles. The molecule has 2 N–H and O–H groups in total. The monoisotopic (exact) mass is 433 g/mol. The Balaban J connectivity index is 0.00000364. The van der Waals surface area contributed by atoms with Crippen LogP contribution in [0, 0.1) is 0 Å². The number of aliphatic hydroxyl groups excluding tert-OH is 1. The molecule has 2 aromatic rings. The van der Waals surface area contributed by atoms with Gasteiger partial charge < -0.3 is 19.9 Å². The summed E-state index contributed by atoms with van der Waals surface area (Å²) in [6, 6.07) is 13.0. The second kappa shape index (κ2) is 11.0. The lowest BCUT2D eigenvalue weighted by atomic mass is 9.94. The zero-order valence-corrected chi connectivity index (χ0v) is 18.0. The Labute approximate surface area is 177 Å². The molecule has 0 fully saturated rings. The van der Waals surface area contributed by atoms with Crippen LogP contribution in [-0.2, 0) is 6.42 Å². The minimum absolute atomic E-state index is 0. The van der Waals surface area contributed by atoms with E-state index in [1.54, 1.807) is 25.3 Å². The minimum atomic E-state index is -0.650. The van der Waals surface area contributed by atoms with Crippen LogP contribution >= 0.6 is 35.6 Å². The van der Waals surface area contributed by atoms with Crippen LogP contribution in [0.15, 0.2) is 42.5 Å². The highest BCUT2D eigenvalue weighted by Gasteiger charge is 2.19. The van der Waals surface area contributed by atoms with E-state index in [1.165, 1.54) is 5.56 Å².